The van der Waals surface area contributed by atoms with Crippen LogP contribution in [0, 0.1) is 13.8 Å². The first-order chi connectivity index (χ1) is 13.2. The number of carbonyl (C=O) groups is 1. The van der Waals surface area contributed by atoms with Crippen LogP contribution in [0.4, 0.5) is 42.1 Å². The maximum atomic E-state index is 14.3. The lowest BCUT2D eigenvalue weighted by Gasteiger charge is -2.31. The van der Waals surface area contributed by atoms with Crippen LogP contribution in [0.2, 0.25) is 0 Å². The molecule has 158 valence electrons. The molecule has 0 saturated heterocycles. The first kappa shape index (κ1) is 22.3. The molecule has 0 radical (unpaired) electrons. The summed E-state index contributed by atoms with van der Waals surface area (Å²) in [5.74, 6) is -0.648. The number of carbonyl (C=O) groups excluding carboxylic acids is 1. The lowest BCUT2D eigenvalue weighted by Crippen LogP contribution is -2.50. The Hall–Kier alpha value is -2.98. The van der Waals surface area contributed by atoms with Crippen molar-refractivity contribution in [3.05, 3.63) is 58.7 Å². The third-order valence-corrected chi connectivity index (χ3v) is 4.16. The number of amides is 1. The SMILES string of the molecule is Cc1cc(C(F)(C(F)(F)F)C(F)(F)F)cc(C)c1NNC(=O)c1cccc(N)c1. The van der Waals surface area contributed by atoms with Gasteiger partial charge < -0.3 is 5.73 Å². The van der Waals surface area contributed by atoms with E-state index >= 15 is 0 Å². The molecular formula is C18H16F7N3O. The molecule has 0 aliphatic heterocycles. The minimum atomic E-state index is -6.21. The van der Waals surface area contributed by atoms with E-state index in [2.05, 4.69) is 10.9 Å². The minimum Gasteiger partial charge on any atom is -0.399 e. The van der Waals surface area contributed by atoms with E-state index in [-0.39, 0.29) is 22.4 Å². The molecule has 0 bridgehead atoms. The van der Waals surface area contributed by atoms with E-state index in [4.69, 9.17) is 5.73 Å². The first-order valence-corrected chi connectivity index (χ1v) is 8.04. The van der Waals surface area contributed by atoms with Crippen molar-refractivity contribution in [1.82, 2.24) is 5.43 Å². The second-order valence-corrected chi connectivity index (χ2v) is 6.34. The third-order valence-electron chi connectivity index (χ3n) is 4.16. The number of nitrogen functional groups attached to an aromatic ring is 1. The third kappa shape index (κ3) is 4.22. The molecule has 0 atom stereocenters. The van der Waals surface area contributed by atoms with E-state index in [0.717, 1.165) is 0 Å². The monoisotopic (exact) mass is 423 g/mol. The van der Waals surface area contributed by atoms with Crippen LogP contribution in [0.5, 0.6) is 0 Å². The summed E-state index contributed by atoms with van der Waals surface area (Å²) in [6, 6.07) is 6.74. The highest BCUT2D eigenvalue weighted by Crippen LogP contribution is 2.53. The van der Waals surface area contributed by atoms with Gasteiger partial charge in [0.25, 0.3) is 5.91 Å². The van der Waals surface area contributed by atoms with E-state index in [1.807, 2.05) is 0 Å². The molecule has 4 nitrogen and oxygen atoms in total. The molecule has 0 spiro atoms. The van der Waals surface area contributed by atoms with Crippen molar-refractivity contribution in [2.24, 2.45) is 0 Å². The molecule has 11 heteroatoms. The largest absolute Gasteiger partial charge is 0.435 e. The molecule has 0 aliphatic carbocycles. The summed E-state index contributed by atoms with van der Waals surface area (Å²) in [4.78, 5) is 12.1. The number of nitrogens with two attached hydrogens (primary N) is 1. The molecule has 0 aromatic heterocycles. The Kier molecular flexibility index (Phi) is 5.73. The van der Waals surface area contributed by atoms with Gasteiger partial charge in [0.2, 0.25) is 0 Å². The van der Waals surface area contributed by atoms with Gasteiger partial charge in [-0.05, 0) is 43.2 Å². The standard InChI is InChI=1S/C18H16F7N3O/c1-9-6-12(16(19,17(20,21)22)18(23,24)25)7-10(2)14(9)27-28-15(29)11-4-3-5-13(26)8-11/h3-8,27H,26H2,1-2H3,(H,28,29). The second-order valence-electron chi connectivity index (χ2n) is 6.34. The average Bonchev–Trinajstić information content (AvgIpc) is 2.57. The predicted octanol–water partition coefficient (Wildman–Crippen LogP) is 4.93. The number of hydrazine groups is 1. The number of alkyl halides is 7. The van der Waals surface area contributed by atoms with Gasteiger partial charge in [0.15, 0.2) is 0 Å². The van der Waals surface area contributed by atoms with Gasteiger partial charge in [-0.15, -0.1) is 0 Å². The van der Waals surface area contributed by atoms with Crippen molar-refractivity contribution in [2.45, 2.75) is 31.9 Å². The average molecular weight is 423 g/mol. The van der Waals surface area contributed by atoms with Crippen LogP contribution in [-0.4, -0.2) is 18.3 Å². The van der Waals surface area contributed by atoms with Crippen LogP contribution < -0.4 is 16.6 Å². The fourth-order valence-electron chi connectivity index (χ4n) is 2.72. The van der Waals surface area contributed by atoms with Crippen molar-refractivity contribution in [3.63, 3.8) is 0 Å². The summed E-state index contributed by atoms with van der Waals surface area (Å²) >= 11 is 0. The Morgan fingerprint density at radius 2 is 1.41 bits per heavy atom. The van der Waals surface area contributed by atoms with Gasteiger partial charge in [-0.3, -0.25) is 15.6 Å². The second kappa shape index (κ2) is 7.45. The summed E-state index contributed by atoms with van der Waals surface area (Å²) in [5, 5.41) is 0. The van der Waals surface area contributed by atoms with Crippen molar-refractivity contribution < 1.29 is 35.5 Å². The van der Waals surface area contributed by atoms with Gasteiger partial charge in [0.1, 0.15) is 0 Å². The number of halogens is 7. The topological polar surface area (TPSA) is 67.1 Å². The summed E-state index contributed by atoms with van der Waals surface area (Å²) in [6.45, 7) is 2.36. The highest BCUT2D eigenvalue weighted by Gasteiger charge is 2.73. The van der Waals surface area contributed by atoms with Crippen LogP contribution in [0.25, 0.3) is 0 Å². The molecule has 29 heavy (non-hydrogen) atoms. The molecule has 0 saturated carbocycles. The molecule has 0 heterocycles. The number of hydrogen-bond acceptors (Lipinski definition) is 3. The van der Waals surface area contributed by atoms with Crippen molar-refractivity contribution in [3.8, 4) is 0 Å². The molecule has 2 rings (SSSR count). The van der Waals surface area contributed by atoms with E-state index in [1.54, 1.807) is 6.07 Å². The molecule has 4 N–H and O–H groups in total. The maximum absolute atomic E-state index is 14.3. The molecular weight excluding hydrogens is 407 g/mol. The molecule has 0 fully saturated rings. The summed E-state index contributed by atoms with van der Waals surface area (Å²) in [7, 11) is 0. The zero-order chi connectivity index (χ0) is 22.2. The fraction of sp³-hybridized carbons (Fsp3) is 0.278. The Bertz CT molecular complexity index is 885. The number of rotatable bonds is 4. The summed E-state index contributed by atoms with van der Waals surface area (Å²) < 4.78 is 91.9. The quantitative estimate of drug-likeness (QED) is 0.371. The molecule has 1 amide bonds. The van der Waals surface area contributed by atoms with Crippen molar-refractivity contribution in [2.75, 3.05) is 11.2 Å². The van der Waals surface area contributed by atoms with Gasteiger partial charge in [-0.2, -0.15) is 26.3 Å². The number of benzene rings is 2. The van der Waals surface area contributed by atoms with Gasteiger partial charge >= 0.3 is 18.0 Å². The minimum absolute atomic E-state index is 0.0257. The Labute approximate surface area is 160 Å². The van der Waals surface area contributed by atoms with Gasteiger partial charge in [-0.1, -0.05) is 18.2 Å². The van der Waals surface area contributed by atoms with Crippen molar-refractivity contribution in [1.29, 1.82) is 0 Å². The summed E-state index contributed by atoms with van der Waals surface area (Å²) in [6.07, 6.45) is -12.4. The van der Waals surface area contributed by atoms with Crippen molar-refractivity contribution >= 4 is 17.3 Å². The van der Waals surface area contributed by atoms with E-state index in [9.17, 15) is 35.5 Å². The maximum Gasteiger partial charge on any atom is 0.435 e. The van der Waals surface area contributed by atoms with E-state index < -0.39 is 29.5 Å². The Morgan fingerprint density at radius 1 is 0.897 bits per heavy atom. The number of nitrogens with one attached hydrogen (secondary N) is 2. The van der Waals surface area contributed by atoms with Crippen LogP contribution in [0.3, 0.4) is 0 Å². The lowest BCUT2D eigenvalue weighted by atomic mass is 9.90. The zero-order valence-electron chi connectivity index (χ0n) is 15.1. The van der Waals surface area contributed by atoms with E-state index in [0.29, 0.717) is 17.8 Å². The zero-order valence-corrected chi connectivity index (χ0v) is 15.1. The predicted molar refractivity (Wildman–Crippen MR) is 92.8 cm³/mol. The van der Waals surface area contributed by atoms with Gasteiger partial charge in [0, 0.05) is 16.8 Å². The van der Waals surface area contributed by atoms with Gasteiger partial charge in [0.05, 0.1) is 5.69 Å². The van der Waals surface area contributed by atoms with E-state index in [1.165, 1.54) is 32.0 Å². The van der Waals surface area contributed by atoms with Gasteiger partial charge in [-0.25, -0.2) is 4.39 Å². The molecule has 0 unspecified atom stereocenters. The molecule has 2 aromatic rings. The highest BCUT2D eigenvalue weighted by molar-refractivity contribution is 5.95. The number of hydrogen-bond donors (Lipinski definition) is 3. The van der Waals surface area contributed by atoms with Crippen LogP contribution in [0.1, 0.15) is 27.0 Å². The normalized spacial score (nSPS) is 12.6. The number of anilines is 2. The smallest absolute Gasteiger partial charge is 0.399 e. The first-order valence-electron chi connectivity index (χ1n) is 8.04. The number of aryl methyl sites for hydroxylation is 2. The Balaban J connectivity index is 2.35. The lowest BCUT2D eigenvalue weighted by molar-refractivity contribution is -0.348. The van der Waals surface area contributed by atoms with Crippen LogP contribution in [-0.2, 0) is 5.67 Å². The highest BCUT2D eigenvalue weighted by atomic mass is 19.4. The molecule has 0 aliphatic rings. The van der Waals surface area contributed by atoms with Crippen LogP contribution in [0.15, 0.2) is 36.4 Å². The fourth-order valence-corrected chi connectivity index (χ4v) is 2.72. The molecule has 2 aromatic carbocycles. The Morgan fingerprint density at radius 3 is 1.86 bits per heavy atom. The van der Waals surface area contributed by atoms with Crippen LogP contribution >= 0.6 is 0 Å². The summed E-state index contributed by atoms with van der Waals surface area (Å²) in [5.41, 5.74) is 3.36.